The van der Waals surface area contributed by atoms with Crippen molar-refractivity contribution >= 4 is 0 Å². The van der Waals surface area contributed by atoms with Gasteiger partial charge in [-0.15, -0.1) is 0 Å². The van der Waals surface area contributed by atoms with Crippen molar-refractivity contribution < 1.29 is 5.11 Å². The summed E-state index contributed by atoms with van der Waals surface area (Å²) in [6, 6.07) is 6.51. The Labute approximate surface area is 106 Å². The zero-order chi connectivity index (χ0) is 12.9. The summed E-state index contributed by atoms with van der Waals surface area (Å²) in [6.07, 6.45) is 4.67. The molecule has 0 aromatic heterocycles. The van der Waals surface area contributed by atoms with Crippen molar-refractivity contribution in [1.82, 2.24) is 0 Å². The maximum absolute atomic E-state index is 10.7. The van der Waals surface area contributed by atoms with Crippen molar-refractivity contribution in [2.75, 3.05) is 0 Å². The molecule has 0 aliphatic heterocycles. The molecule has 1 N–H and O–H groups in total. The molecular formula is C16H26O. The first-order valence-electron chi connectivity index (χ1n) is 6.79. The van der Waals surface area contributed by atoms with E-state index >= 15 is 0 Å². The van der Waals surface area contributed by atoms with Crippen LogP contribution in [0.1, 0.15) is 56.2 Å². The lowest BCUT2D eigenvalue weighted by Crippen LogP contribution is -2.31. The van der Waals surface area contributed by atoms with Crippen LogP contribution in [0.3, 0.4) is 0 Å². The maximum Gasteiger partial charge on any atom is 0.0687 e. The third kappa shape index (κ3) is 4.16. The highest BCUT2D eigenvalue weighted by Crippen LogP contribution is 2.26. The molecule has 0 bridgehead atoms. The van der Waals surface area contributed by atoms with E-state index in [9.17, 15) is 5.11 Å². The van der Waals surface area contributed by atoms with Crippen LogP contribution < -0.4 is 0 Å². The highest BCUT2D eigenvalue weighted by molar-refractivity contribution is 5.31. The Morgan fingerprint density at radius 1 is 1.06 bits per heavy atom. The summed E-state index contributed by atoms with van der Waals surface area (Å²) in [6.45, 7) is 8.53. The van der Waals surface area contributed by atoms with Crippen molar-refractivity contribution in [3.8, 4) is 0 Å². The topological polar surface area (TPSA) is 20.2 Å². The van der Waals surface area contributed by atoms with Gasteiger partial charge in [-0.05, 0) is 37.8 Å². The predicted molar refractivity (Wildman–Crippen MR) is 74.4 cm³/mol. The molecule has 1 aromatic carbocycles. The van der Waals surface area contributed by atoms with Crippen LogP contribution >= 0.6 is 0 Å². The number of hydrogen-bond donors (Lipinski definition) is 1. The summed E-state index contributed by atoms with van der Waals surface area (Å²) < 4.78 is 0. The molecule has 17 heavy (non-hydrogen) atoms. The zero-order valence-corrected chi connectivity index (χ0v) is 11.7. The van der Waals surface area contributed by atoms with E-state index < -0.39 is 5.60 Å². The third-order valence-corrected chi connectivity index (χ3v) is 3.45. The van der Waals surface area contributed by atoms with Crippen molar-refractivity contribution in [2.45, 2.75) is 65.4 Å². The highest BCUT2D eigenvalue weighted by atomic mass is 16.3. The molecule has 0 fully saturated rings. The summed E-state index contributed by atoms with van der Waals surface area (Å²) in [5.41, 5.74) is 3.36. The minimum absolute atomic E-state index is 0.512. The quantitative estimate of drug-likeness (QED) is 0.783. The average Bonchev–Trinajstić information content (AvgIpc) is 2.24. The van der Waals surface area contributed by atoms with Crippen molar-refractivity contribution in [2.24, 2.45) is 0 Å². The fourth-order valence-electron chi connectivity index (χ4n) is 2.58. The van der Waals surface area contributed by atoms with Gasteiger partial charge in [0.25, 0.3) is 0 Å². The van der Waals surface area contributed by atoms with Crippen LogP contribution in [0, 0.1) is 13.8 Å². The number of aliphatic hydroxyl groups is 1. The molecule has 0 saturated heterocycles. The van der Waals surface area contributed by atoms with Crippen LogP contribution in [-0.2, 0) is 6.42 Å². The van der Waals surface area contributed by atoms with Gasteiger partial charge in [-0.3, -0.25) is 0 Å². The van der Waals surface area contributed by atoms with E-state index in [0.29, 0.717) is 0 Å². The van der Waals surface area contributed by atoms with E-state index in [-0.39, 0.29) is 0 Å². The second-order valence-electron chi connectivity index (χ2n) is 5.33. The largest absolute Gasteiger partial charge is 0.390 e. The van der Waals surface area contributed by atoms with E-state index in [4.69, 9.17) is 0 Å². The minimum atomic E-state index is -0.512. The van der Waals surface area contributed by atoms with Gasteiger partial charge in [-0.25, -0.2) is 0 Å². The van der Waals surface area contributed by atoms with Crippen LogP contribution in [-0.4, -0.2) is 10.7 Å². The molecule has 0 aliphatic rings. The fourth-order valence-corrected chi connectivity index (χ4v) is 2.58. The van der Waals surface area contributed by atoms with E-state index in [1.807, 2.05) is 0 Å². The van der Waals surface area contributed by atoms with Crippen LogP contribution in [0.4, 0.5) is 0 Å². The van der Waals surface area contributed by atoms with Gasteiger partial charge in [0.15, 0.2) is 0 Å². The van der Waals surface area contributed by atoms with Gasteiger partial charge in [-0.2, -0.15) is 0 Å². The molecule has 96 valence electrons. The van der Waals surface area contributed by atoms with Gasteiger partial charge >= 0.3 is 0 Å². The van der Waals surface area contributed by atoms with Crippen LogP contribution in [0.2, 0.25) is 0 Å². The van der Waals surface area contributed by atoms with E-state index in [1.165, 1.54) is 16.7 Å². The minimum Gasteiger partial charge on any atom is -0.390 e. The number of rotatable bonds is 6. The standard InChI is InChI=1S/C16H26O/c1-5-9-16(17,10-6-2)12-15-11-13(3)7-8-14(15)4/h7-8,11,17H,5-6,9-10,12H2,1-4H3. The lowest BCUT2D eigenvalue weighted by atomic mass is 9.84. The summed E-state index contributed by atoms with van der Waals surface area (Å²) in [5.74, 6) is 0. The van der Waals surface area contributed by atoms with Crippen LogP contribution in [0.25, 0.3) is 0 Å². The fraction of sp³-hybridized carbons (Fsp3) is 0.625. The molecule has 0 saturated carbocycles. The predicted octanol–water partition coefficient (Wildman–Crippen LogP) is 4.18. The van der Waals surface area contributed by atoms with E-state index in [1.54, 1.807) is 0 Å². The summed E-state index contributed by atoms with van der Waals surface area (Å²) >= 11 is 0. The molecule has 0 spiro atoms. The molecule has 0 amide bonds. The van der Waals surface area contributed by atoms with Gasteiger partial charge in [0, 0.05) is 6.42 Å². The zero-order valence-electron chi connectivity index (χ0n) is 11.7. The second-order valence-corrected chi connectivity index (χ2v) is 5.33. The van der Waals surface area contributed by atoms with Crippen molar-refractivity contribution in [1.29, 1.82) is 0 Å². The number of aryl methyl sites for hydroxylation is 2. The highest BCUT2D eigenvalue weighted by Gasteiger charge is 2.25. The Hall–Kier alpha value is -0.820. The number of benzene rings is 1. The first-order valence-corrected chi connectivity index (χ1v) is 6.79. The Morgan fingerprint density at radius 2 is 1.65 bits per heavy atom. The van der Waals surface area contributed by atoms with Crippen LogP contribution in [0.15, 0.2) is 18.2 Å². The Kier molecular flexibility index (Phi) is 5.20. The van der Waals surface area contributed by atoms with Crippen molar-refractivity contribution in [3.05, 3.63) is 34.9 Å². The number of hydrogen-bond acceptors (Lipinski definition) is 1. The molecule has 0 aliphatic carbocycles. The summed E-state index contributed by atoms with van der Waals surface area (Å²) in [7, 11) is 0. The van der Waals surface area contributed by atoms with Gasteiger partial charge in [0.1, 0.15) is 0 Å². The molecule has 1 nitrogen and oxygen atoms in total. The normalized spacial score (nSPS) is 11.8. The Morgan fingerprint density at radius 3 is 2.18 bits per heavy atom. The second kappa shape index (κ2) is 6.20. The molecular weight excluding hydrogens is 208 g/mol. The monoisotopic (exact) mass is 234 g/mol. The van der Waals surface area contributed by atoms with Gasteiger partial charge in [0.2, 0.25) is 0 Å². The average molecular weight is 234 g/mol. The molecule has 1 aromatic rings. The Balaban J connectivity index is 2.88. The first kappa shape index (κ1) is 14.2. The molecule has 0 atom stereocenters. The third-order valence-electron chi connectivity index (χ3n) is 3.45. The Bertz CT molecular complexity index is 349. The summed E-state index contributed by atoms with van der Waals surface area (Å²) in [5, 5.41) is 10.7. The van der Waals surface area contributed by atoms with Crippen LogP contribution in [0.5, 0.6) is 0 Å². The lowest BCUT2D eigenvalue weighted by Gasteiger charge is -2.28. The molecule has 1 rings (SSSR count). The SMILES string of the molecule is CCCC(O)(CCC)Cc1cc(C)ccc1C. The molecule has 0 unspecified atom stereocenters. The molecule has 0 radical (unpaired) electrons. The lowest BCUT2D eigenvalue weighted by molar-refractivity contribution is 0.0215. The first-order chi connectivity index (χ1) is 8.00. The van der Waals surface area contributed by atoms with E-state index in [0.717, 1.165) is 32.1 Å². The van der Waals surface area contributed by atoms with Crippen molar-refractivity contribution in [3.63, 3.8) is 0 Å². The molecule has 1 heteroatoms. The van der Waals surface area contributed by atoms with Gasteiger partial charge < -0.3 is 5.11 Å². The maximum atomic E-state index is 10.7. The molecule has 0 heterocycles. The van der Waals surface area contributed by atoms with Gasteiger partial charge in [-0.1, -0.05) is 50.5 Å². The smallest absolute Gasteiger partial charge is 0.0687 e. The summed E-state index contributed by atoms with van der Waals surface area (Å²) in [4.78, 5) is 0. The van der Waals surface area contributed by atoms with E-state index in [2.05, 4.69) is 45.9 Å². The van der Waals surface area contributed by atoms with Gasteiger partial charge in [0.05, 0.1) is 5.60 Å².